The molecule has 0 radical (unpaired) electrons. The molecule has 3 aromatic carbocycles. The summed E-state index contributed by atoms with van der Waals surface area (Å²) in [5.74, 6) is -2.28. The lowest BCUT2D eigenvalue weighted by molar-refractivity contribution is -0.348. The van der Waals surface area contributed by atoms with E-state index in [1.54, 1.807) is 13.0 Å². The number of carbonyl (C=O) groups is 2. The highest BCUT2D eigenvalue weighted by molar-refractivity contribution is 9.11. The van der Waals surface area contributed by atoms with E-state index in [1.165, 1.54) is 17.0 Å². The van der Waals surface area contributed by atoms with Crippen molar-refractivity contribution in [2.24, 2.45) is 5.92 Å². The molecule has 3 aromatic rings. The van der Waals surface area contributed by atoms with Gasteiger partial charge < -0.3 is 10.2 Å². The van der Waals surface area contributed by atoms with Crippen molar-refractivity contribution in [3.8, 4) is 6.07 Å². The molecule has 0 bridgehead atoms. The van der Waals surface area contributed by atoms with E-state index in [1.807, 2.05) is 6.07 Å². The van der Waals surface area contributed by atoms with Gasteiger partial charge in [-0.1, -0.05) is 6.92 Å². The van der Waals surface area contributed by atoms with Crippen LogP contribution < -0.4 is 10.2 Å². The minimum atomic E-state index is -6.35. The number of nitrogens with zero attached hydrogens (tertiary/aromatic N) is 2. The fourth-order valence-electron chi connectivity index (χ4n) is 4.59. The third-order valence-electron chi connectivity index (χ3n) is 7.19. The van der Waals surface area contributed by atoms with Crippen molar-refractivity contribution in [1.82, 2.24) is 0 Å². The van der Waals surface area contributed by atoms with Gasteiger partial charge in [0, 0.05) is 32.2 Å². The number of hydrogen-bond donors (Lipinski definition) is 1. The molecule has 0 aliphatic heterocycles. The number of rotatable bonds is 8. The van der Waals surface area contributed by atoms with E-state index in [0.29, 0.717) is 17.5 Å². The fourth-order valence-corrected chi connectivity index (χ4v) is 5.97. The van der Waals surface area contributed by atoms with E-state index in [0.717, 1.165) is 31.0 Å². The molecule has 1 fully saturated rings. The largest absolute Gasteiger partial charge is 0.435 e. The van der Waals surface area contributed by atoms with Gasteiger partial charge in [0.25, 0.3) is 11.8 Å². The van der Waals surface area contributed by atoms with Gasteiger partial charge in [0.2, 0.25) is 0 Å². The van der Waals surface area contributed by atoms with Crippen LogP contribution in [0.25, 0.3) is 0 Å². The summed E-state index contributed by atoms with van der Waals surface area (Å²) in [6.45, 7) is 1.92. The normalized spacial score (nSPS) is 13.7. The maximum Gasteiger partial charge on any atom is 0.435 e. The van der Waals surface area contributed by atoms with Gasteiger partial charge in [0.1, 0.15) is 5.82 Å². The molecule has 0 spiro atoms. The van der Waals surface area contributed by atoms with E-state index in [-0.39, 0.29) is 47.1 Å². The molecule has 1 N–H and O–H groups in total. The Morgan fingerprint density at radius 2 is 1.56 bits per heavy atom. The van der Waals surface area contributed by atoms with E-state index < -0.39 is 50.2 Å². The first kappa shape index (κ1) is 34.4. The average Bonchev–Trinajstić information content (AvgIpc) is 3.80. The molecule has 45 heavy (non-hydrogen) atoms. The number of nitriles is 1. The molecular formula is C30H21Br2F8N3O2. The second kappa shape index (κ2) is 12.7. The number of carbonyl (C=O) groups excluding carboxylic acids is 2. The Hall–Kier alpha value is -3.51. The number of benzene rings is 3. The number of nitrogens with one attached hydrogen (secondary N) is 1. The van der Waals surface area contributed by atoms with E-state index in [2.05, 4.69) is 37.2 Å². The molecule has 0 unspecified atom stereocenters. The van der Waals surface area contributed by atoms with Crippen molar-refractivity contribution >= 4 is 55.0 Å². The van der Waals surface area contributed by atoms with E-state index >= 15 is 4.39 Å². The second-order valence-corrected chi connectivity index (χ2v) is 12.0. The van der Waals surface area contributed by atoms with Crippen LogP contribution in [0.15, 0.2) is 57.5 Å². The van der Waals surface area contributed by atoms with Crippen LogP contribution in [0, 0.1) is 23.1 Å². The summed E-state index contributed by atoms with van der Waals surface area (Å²) in [5, 5.41) is 11.5. The number of hydrogen-bond acceptors (Lipinski definition) is 3. The van der Waals surface area contributed by atoms with Crippen molar-refractivity contribution < 1.29 is 44.7 Å². The average molecular weight is 767 g/mol. The number of anilines is 2. The highest BCUT2D eigenvalue weighted by atomic mass is 79.9. The lowest BCUT2D eigenvalue weighted by Gasteiger charge is -2.31. The molecule has 1 saturated carbocycles. The van der Waals surface area contributed by atoms with Crippen LogP contribution in [-0.4, -0.2) is 30.7 Å². The van der Waals surface area contributed by atoms with Gasteiger partial charge in [-0.05, 0) is 111 Å². The van der Waals surface area contributed by atoms with Crippen LogP contribution in [0.4, 0.5) is 46.5 Å². The van der Waals surface area contributed by atoms with Gasteiger partial charge in [0.05, 0.1) is 23.0 Å². The minimum absolute atomic E-state index is 0.0794. The standard InChI is InChI=1S/C30H21Br2F8N3O2/c1-2-17-9-16(13-41)5-7-20(17)27(45)43(14-15-3-4-15)24-10-18(6-8-23(24)33)26(44)42-25-21(31)11-19(12-22(25)32)28(34,29(35,36)37)30(38,39)40/h5-12,15H,2-4,14H2,1H3,(H,42,44). The predicted octanol–water partition coefficient (Wildman–Crippen LogP) is 9.38. The van der Waals surface area contributed by atoms with Gasteiger partial charge >= 0.3 is 18.0 Å². The van der Waals surface area contributed by atoms with Crippen LogP contribution in [-0.2, 0) is 12.1 Å². The Labute approximate surface area is 268 Å². The van der Waals surface area contributed by atoms with Crippen molar-refractivity contribution in [2.75, 3.05) is 16.8 Å². The zero-order valence-corrected chi connectivity index (χ0v) is 26.2. The smallest absolute Gasteiger partial charge is 0.320 e. The fraction of sp³-hybridized carbons (Fsp3) is 0.300. The molecule has 1 aliphatic rings. The zero-order chi connectivity index (χ0) is 33.5. The maximum atomic E-state index is 15.2. The third-order valence-corrected chi connectivity index (χ3v) is 8.44. The molecule has 0 aromatic heterocycles. The lowest BCUT2D eigenvalue weighted by atomic mass is 9.94. The van der Waals surface area contributed by atoms with Crippen LogP contribution in [0.1, 0.15) is 57.2 Å². The summed E-state index contributed by atoms with van der Waals surface area (Å²) in [5.41, 5.74) is -7.14. The molecule has 0 saturated heterocycles. The lowest BCUT2D eigenvalue weighted by Crippen LogP contribution is -2.50. The molecule has 15 heteroatoms. The SMILES string of the molecule is CCc1cc(C#N)ccc1C(=O)N(CC1CC1)c1cc(C(=O)Nc2c(Br)cc(C(F)(C(F)(F)F)C(F)(F)F)cc2Br)ccc1F. The van der Waals surface area contributed by atoms with Crippen molar-refractivity contribution in [3.05, 3.63) is 91.1 Å². The Morgan fingerprint density at radius 3 is 2.07 bits per heavy atom. The topological polar surface area (TPSA) is 73.2 Å². The van der Waals surface area contributed by atoms with Crippen LogP contribution >= 0.6 is 31.9 Å². The molecule has 0 heterocycles. The molecule has 0 atom stereocenters. The molecule has 5 nitrogen and oxygen atoms in total. The molecule has 238 valence electrons. The van der Waals surface area contributed by atoms with Crippen LogP contribution in [0.2, 0.25) is 0 Å². The van der Waals surface area contributed by atoms with Crippen LogP contribution in [0.5, 0.6) is 0 Å². The molecule has 4 rings (SSSR count). The first-order valence-corrected chi connectivity index (χ1v) is 14.8. The molecular weight excluding hydrogens is 746 g/mol. The highest BCUT2D eigenvalue weighted by Gasteiger charge is 2.73. The molecule has 2 amide bonds. The number of alkyl halides is 7. The van der Waals surface area contributed by atoms with E-state index in [4.69, 9.17) is 0 Å². The van der Waals surface area contributed by atoms with Gasteiger partial charge in [-0.3, -0.25) is 9.59 Å². The molecule has 1 aliphatic carbocycles. The second-order valence-electron chi connectivity index (χ2n) is 10.3. The monoisotopic (exact) mass is 765 g/mol. The number of amides is 2. The van der Waals surface area contributed by atoms with Crippen molar-refractivity contribution in [2.45, 2.75) is 44.2 Å². The summed E-state index contributed by atoms with van der Waals surface area (Å²) in [7, 11) is 0. The first-order chi connectivity index (χ1) is 20.9. The van der Waals surface area contributed by atoms with Gasteiger partial charge in [-0.25, -0.2) is 8.78 Å². The Balaban J connectivity index is 1.69. The maximum absolute atomic E-state index is 15.2. The third kappa shape index (κ3) is 6.86. The van der Waals surface area contributed by atoms with Gasteiger partial charge in [-0.15, -0.1) is 0 Å². The van der Waals surface area contributed by atoms with Gasteiger partial charge in [0.15, 0.2) is 0 Å². The number of halogens is 10. The predicted molar refractivity (Wildman–Crippen MR) is 156 cm³/mol. The summed E-state index contributed by atoms with van der Waals surface area (Å²) in [6, 6.07) is 10.1. The number of aryl methyl sites for hydroxylation is 1. The zero-order valence-electron chi connectivity index (χ0n) is 23.0. The summed E-state index contributed by atoms with van der Waals surface area (Å²) in [4.78, 5) is 28.1. The summed E-state index contributed by atoms with van der Waals surface area (Å²) < 4.78 is 108. The van der Waals surface area contributed by atoms with E-state index in [9.17, 15) is 45.6 Å². The Kier molecular flexibility index (Phi) is 9.70. The van der Waals surface area contributed by atoms with Gasteiger partial charge in [-0.2, -0.15) is 31.6 Å². The quantitative estimate of drug-likeness (QED) is 0.232. The highest BCUT2D eigenvalue weighted by Crippen LogP contribution is 2.54. The Bertz CT molecular complexity index is 1660. The van der Waals surface area contributed by atoms with Crippen molar-refractivity contribution in [3.63, 3.8) is 0 Å². The van der Waals surface area contributed by atoms with Crippen LogP contribution in [0.3, 0.4) is 0 Å². The van der Waals surface area contributed by atoms with Crippen molar-refractivity contribution in [1.29, 1.82) is 5.26 Å². The summed E-state index contributed by atoms with van der Waals surface area (Å²) in [6.07, 6.45) is -10.7. The minimum Gasteiger partial charge on any atom is -0.320 e. The summed E-state index contributed by atoms with van der Waals surface area (Å²) >= 11 is 5.60. The first-order valence-electron chi connectivity index (χ1n) is 13.2. The Morgan fingerprint density at radius 1 is 0.956 bits per heavy atom.